The molecule has 0 spiro atoms. The molecule has 0 bridgehead atoms. The summed E-state index contributed by atoms with van der Waals surface area (Å²) in [6, 6.07) is 13.0. The number of halogens is 2. The maximum Gasteiger partial charge on any atom is 0.190 e. The second-order valence-electron chi connectivity index (χ2n) is 6.06. The Hall–Kier alpha value is -1.91. The number of rotatable bonds is 3. The van der Waals surface area contributed by atoms with E-state index >= 15 is 0 Å². The van der Waals surface area contributed by atoms with E-state index in [1.807, 2.05) is 37.3 Å². The van der Waals surface area contributed by atoms with Gasteiger partial charge in [0.1, 0.15) is 5.82 Å². The summed E-state index contributed by atoms with van der Waals surface area (Å²) >= 11 is 7.82. The summed E-state index contributed by atoms with van der Waals surface area (Å²) in [7, 11) is 0. The van der Waals surface area contributed by atoms with Gasteiger partial charge in [-0.3, -0.25) is 0 Å². The van der Waals surface area contributed by atoms with E-state index in [2.05, 4.69) is 9.95 Å². The lowest BCUT2D eigenvalue weighted by atomic mass is 10.1. The Kier molecular flexibility index (Phi) is 4.02. The Morgan fingerprint density at radius 3 is 2.58 bits per heavy atom. The maximum absolute atomic E-state index is 13.2. The van der Waals surface area contributed by atoms with Crippen molar-refractivity contribution in [3.05, 3.63) is 69.0 Å². The molecule has 0 aliphatic heterocycles. The fourth-order valence-electron chi connectivity index (χ4n) is 2.68. The van der Waals surface area contributed by atoms with Crippen molar-refractivity contribution < 1.29 is 4.39 Å². The van der Waals surface area contributed by atoms with E-state index in [4.69, 9.17) is 16.6 Å². The van der Waals surface area contributed by atoms with Crippen LogP contribution < -0.4 is 4.80 Å². The van der Waals surface area contributed by atoms with E-state index in [0.29, 0.717) is 6.04 Å². The normalized spacial score (nSPS) is 15.0. The zero-order chi connectivity index (χ0) is 16.7. The quantitative estimate of drug-likeness (QED) is 0.556. The van der Waals surface area contributed by atoms with Crippen molar-refractivity contribution in [1.82, 2.24) is 4.57 Å². The SMILES string of the molecule is Cc1ccc(N=c2scc(-c3ccc(F)cc3)n2C2CC2)cc1Cl. The predicted octanol–water partition coefficient (Wildman–Crippen LogP) is 5.88. The highest BCUT2D eigenvalue weighted by Crippen LogP contribution is 2.38. The van der Waals surface area contributed by atoms with Gasteiger partial charge in [-0.1, -0.05) is 17.7 Å². The van der Waals surface area contributed by atoms with Gasteiger partial charge in [-0.25, -0.2) is 9.38 Å². The number of aryl methyl sites for hydroxylation is 1. The molecule has 3 aromatic rings. The van der Waals surface area contributed by atoms with Gasteiger partial charge in [0.05, 0.1) is 11.4 Å². The predicted molar refractivity (Wildman–Crippen MR) is 97.4 cm³/mol. The Balaban J connectivity index is 1.83. The van der Waals surface area contributed by atoms with Crippen molar-refractivity contribution in [3.63, 3.8) is 0 Å². The lowest BCUT2D eigenvalue weighted by molar-refractivity contribution is 0.628. The molecule has 0 saturated heterocycles. The van der Waals surface area contributed by atoms with Crippen LogP contribution in [0, 0.1) is 12.7 Å². The van der Waals surface area contributed by atoms with Gasteiger partial charge in [-0.15, -0.1) is 11.3 Å². The molecule has 0 radical (unpaired) electrons. The van der Waals surface area contributed by atoms with E-state index in [0.717, 1.165) is 45.2 Å². The molecule has 1 saturated carbocycles. The highest BCUT2D eigenvalue weighted by molar-refractivity contribution is 7.07. The van der Waals surface area contributed by atoms with Crippen LogP contribution in [0.2, 0.25) is 5.02 Å². The van der Waals surface area contributed by atoms with Crippen LogP contribution in [0.15, 0.2) is 52.8 Å². The van der Waals surface area contributed by atoms with Crippen molar-refractivity contribution >= 4 is 28.6 Å². The van der Waals surface area contributed by atoms with Crippen LogP contribution >= 0.6 is 22.9 Å². The third kappa shape index (κ3) is 3.04. The molecule has 2 aromatic carbocycles. The Morgan fingerprint density at radius 1 is 1.17 bits per heavy atom. The minimum Gasteiger partial charge on any atom is -0.313 e. The average molecular weight is 359 g/mol. The summed E-state index contributed by atoms with van der Waals surface area (Å²) in [6.45, 7) is 1.98. The lowest BCUT2D eigenvalue weighted by Crippen LogP contribution is -2.14. The van der Waals surface area contributed by atoms with Gasteiger partial charge in [0, 0.05) is 16.4 Å². The van der Waals surface area contributed by atoms with Crippen LogP contribution in [-0.4, -0.2) is 4.57 Å². The number of hydrogen-bond acceptors (Lipinski definition) is 2. The Labute approximate surface area is 148 Å². The molecular formula is C19H16ClFN2S. The minimum absolute atomic E-state index is 0.217. The van der Waals surface area contributed by atoms with Gasteiger partial charge in [0.15, 0.2) is 4.80 Å². The van der Waals surface area contributed by atoms with Crippen LogP contribution in [0.1, 0.15) is 24.4 Å². The molecule has 1 fully saturated rings. The molecule has 24 heavy (non-hydrogen) atoms. The summed E-state index contributed by atoms with van der Waals surface area (Å²) in [6.07, 6.45) is 2.32. The van der Waals surface area contributed by atoms with Gasteiger partial charge in [-0.2, -0.15) is 0 Å². The average Bonchev–Trinajstić information content (AvgIpc) is 3.33. The topological polar surface area (TPSA) is 17.3 Å². The number of nitrogens with zero attached hydrogens (tertiary/aromatic N) is 2. The van der Waals surface area contributed by atoms with E-state index in [9.17, 15) is 4.39 Å². The molecule has 2 nitrogen and oxygen atoms in total. The van der Waals surface area contributed by atoms with E-state index in [-0.39, 0.29) is 5.82 Å². The zero-order valence-electron chi connectivity index (χ0n) is 13.2. The summed E-state index contributed by atoms with van der Waals surface area (Å²) in [5.74, 6) is -0.217. The van der Waals surface area contributed by atoms with Crippen LogP contribution in [-0.2, 0) is 0 Å². The van der Waals surface area contributed by atoms with Crippen molar-refractivity contribution in [2.24, 2.45) is 4.99 Å². The van der Waals surface area contributed by atoms with E-state index in [1.165, 1.54) is 12.1 Å². The first kappa shape index (κ1) is 15.6. The zero-order valence-corrected chi connectivity index (χ0v) is 14.7. The summed E-state index contributed by atoms with van der Waals surface area (Å²) < 4.78 is 15.5. The number of hydrogen-bond donors (Lipinski definition) is 0. The monoisotopic (exact) mass is 358 g/mol. The molecule has 0 amide bonds. The second kappa shape index (κ2) is 6.19. The standard InChI is InChI=1S/C19H16ClFN2S/c1-12-2-7-15(10-17(12)20)22-19-23(16-8-9-16)18(11-24-19)13-3-5-14(21)6-4-13/h2-7,10-11,16H,8-9H2,1H3. The number of aromatic nitrogens is 1. The molecule has 4 rings (SSSR count). The fraction of sp³-hybridized carbons (Fsp3) is 0.211. The first-order valence-corrected chi connectivity index (χ1v) is 9.14. The Morgan fingerprint density at radius 2 is 1.92 bits per heavy atom. The van der Waals surface area contributed by atoms with Crippen LogP contribution in [0.25, 0.3) is 11.3 Å². The molecule has 1 heterocycles. The molecule has 5 heteroatoms. The smallest absolute Gasteiger partial charge is 0.190 e. The number of thiazole rings is 1. The summed E-state index contributed by atoms with van der Waals surface area (Å²) in [5.41, 5.74) is 4.01. The summed E-state index contributed by atoms with van der Waals surface area (Å²) in [5, 5.41) is 2.82. The van der Waals surface area contributed by atoms with Crippen molar-refractivity contribution in [2.75, 3.05) is 0 Å². The van der Waals surface area contributed by atoms with Gasteiger partial charge in [0.25, 0.3) is 0 Å². The van der Waals surface area contributed by atoms with Gasteiger partial charge < -0.3 is 4.57 Å². The Bertz CT molecular complexity index is 952. The van der Waals surface area contributed by atoms with Crippen molar-refractivity contribution in [2.45, 2.75) is 25.8 Å². The van der Waals surface area contributed by atoms with E-state index in [1.54, 1.807) is 11.3 Å². The third-order valence-corrected chi connectivity index (χ3v) is 5.42. The lowest BCUT2D eigenvalue weighted by Gasteiger charge is -2.07. The van der Waals surface area contributed by atoms with Crippen LogP contribution in [0.5, 0.6) is 0 Å². The molecule has 1 aliphatic rings. The largest absolute Gasteiger partial charge is 0.313 e. The van der Waals surface area contributed by atoms with Gasteiger partial charge in [-0.05, 0) is 67.3 Å². The molecule has 1 aromatic heterocycles. The van der Waals surface area contributed by atoms with Gasteiger partial charge in [0.2, 0.25) is 0 Å². The summed E-state index contributed by atoms with van der Waals surface area (Å²) in [4.78, 5) is 5.75. The van der Waals surface area contributed by atoms with Crippen LogP contribution in [0.4, 0.5) is 10.1 Å². The fourth-order valence-corrected chi connectivity index (χ4v) is 3.84. The molecule has 0 unspecified atom stereocenters. The van der Waals surface area contributed by atoms with Gasteiger partial charge >= 0.3 is 0 Å². The third-order valence-electron chi connectivity index (χ3n) is 4.17. The molecule has 122 valence electrons. The highest BCUT2D eigenvalue weighted by atomic mass is 35.5. The number of benzene rings is 2. The minimum atomic E-state index is -0.217. The van der Waals surface area contributed by atoms with Crippen LogP contribution in [0.3, 0.4) is 0 Å². The second-order valence-corrected chi connectivity index (χ2v) is 7.30. The highest BCUT2D eigenvalue weighted by Gasteiger charge is 2.27. The first-order chi connectivity index (χ1) is 11.6. The van der Waals surface area contributed by atoms with Crippen molar-refractivity contribution in [1.29, 1.82) is 0 Å². The molecular weight excluding hydrogens is 343 g/mol. The van der Waals surface area contributed by atoms with E-state index < -0.39 is 0 Å². The molecule has 0 N–H and O–H groups in total. The maximum atomic E-state index is 13.2. The first-order valence-electron chi connectivity index (χ1n) is 7.88. The molecule has 1 aliphatic carbocycles. The van der Waals surface area contributed by atoms with Crippen molar-refractivity contribution in [3.8, 4) is 11.3 Å². The molecule has 0 atom stereocenters.